The van der Waals surface area contributed by atoms with Gasteiger partial charge >= 0.3 is 23.9 Å². The van der Waals surface area contributed by atoms with Crippen molar-refractivity contribution in [2.24, 2.45) is 0 Å². The molecule has 2 aromatic rings. The molecule has 12 nitrogen and oxygen atoms in total. The second kappa shape index (κ2) is 14.3. The zero-order valence-corrected chi connectivity index (χ0v) is 22.0. The fourth-order valence-electron chi connectivity index (χ4n) is 3.14. The molecule has 0 aliphatic heterocycles. The van der Waals surface area contributed by atoms with Crippen molar-refractivity contribution >= 4 is 23.9 Å². The van der Waals surface area contributed by atoms with Crippen LogP contribution in [0.3, 0.4) is 0 Å². The number of esters is 4. The number of rotatable bonds is 13. The van der Waals surface area contributed by atoms with Crippen LogP contribution < -0.4 is 18.9 Å². The fourth-order valence-corrected chi connectivity index (χ4v) is 3.14. The predicted molar refractivity (Wildman–Crippen MR) is 131 cm³/mol. The van der Waals surface area contributed by atoms with E-state index in [1.807, 2.05) is 0 Å². The number of hydrogen-bond donors (Lipinski definition) is 0. The van der Waals surface area contributed by atoms with E-state index < -0.39 is 37.1 Å². The third kappa shape index (κ3) is 8.29. The Bertz CT molecular complexity index is 1080. The van der Waals surface area contributed by atoms with Crippen molar-refractivity contribution in [3.05, 3.63) is 35.4 Å². The van der Waals surface area contributed by atoms with Gasteiger partial charge in [-0.3, -0.25) is 0 Å². The standard InChI is InChI=1S/C26H30O12/c1-15-7-19(35-11-23(27)31-3)21(37-13-25(29)33-5)9-17(15)18-10-22(38-14-26(30)34-6)20(8-16(18)2)36-12-24(28)32-4/h7-10H,11-14H2,1-6H3. The van der Waals surface area contributed by atoms with Crippen LogP contribution >= 0.6 is 0 Å². The highest BCUT2D eigenvalue weighted by Crippen LogP contribution is 2.41. The minimum absolute atomic E-state index is 0.169. The minimum Gasteiger partial charge on any atom is -0.478 e. The van der Waals surface area contributed by atoms with Crippen LogP contribution in [0.5, 0.6) is 23.0 Å². The maximum Gasteiger partial charge on any atom is 0.343 e. The molecule has 0 saturated carbocycles. The molecule has 0 radical (unpaired) electrons. The predicted octanol–water partition coefficient (Wildman–Crippen LogP) is 2.18. The molecule has 0 aromatic heterocycles. The quantitative estimate of drug-likeness (QED) is 0.275. The van der Waals surface area contributed by atoms with Crippen LogP contribution in [0.4, 0.5) is 0 Å². The van der Waals surface area contributed by atoms with Crippen LogP contribution in [0.25, 0.3) is 11.1 Å². The molecule has 0 aliphatic rings. The average molecular weight is 535 g/mol. The lowest BCUT2D eigenvalue weighted by atomic mass is 9.95. The molecule has 2 rings (SSSR count). The second-order valence-corrected chi connectivity index (χ2v) is 7.69. The molecule has 0 spiro atoms. The van der Waals surface area contributed by atoms with Crippen molar-refractivity contribution in [1.82, 2.24) is 0 Å². The molecule has 0 aliphatic carbocycles. The monoisotopic (exact) mass is 534 g/mol. The molecule has 0 fully saturated rings. The zero-order valence-electron chi connectivity index (χ0n) is 22.0. The van der Waals surface area contributed by atoms with Gasteiger partial charge in [-0.15, -0.1) is 0 Å². The van der Waals surface area contributed by atoms with Gasteiger partial charge in [0.05, 0.1) is 28.4 Å². The van der Waals surface area contributed by atoms with Gasteiger partial charge in [-0.25, -0.2) is 19.2 Å². The molecular weight excluding hydrogens is 504 g/mol. The van der Waals surface area contributed by atoms with E-state index in [9.17, 15) is 19.2 Å². The van der Waals surface area contributed by atoms with E-state index >= 15 is 0 Å². The SMILES string of the molecule is COC(=O)COc1cc(C)c(-c2cc(OCC(=O)OC)c(OCC(=O)OC)cc2C)cc1OCC(=O)OC. The van der Waals surface area contributed by atoms with Crippen molar-refractivity contribution in [1.29, 1.82) is 0 Å². The Kier molecular flexibility index (Phi) is 11.2. The van der Waals surface area contributed by atoms with E-state index in [1.165, 1.54) is 28.4 Å². The molecule has 0 unspecified atom stereocenters. The Labute approximate surface area is 219 Å². The molecule has 0 N–H and O–H groups in total. The molecule has 0 bridgehead atoms. The third-order valence-electron chi connectivity index (χ3n) is 5.16. The first-order valence-electron chi connectivity index (χ1n) is 11.2. The Balaban J connectivity index is 2.55. The number of carbonyl (C=O) groups excluding carboxylic acids is 4. The maximum atomic E-state index is 11.7. The van der Waals surface area contributed by atoms with Gasteiger partial charge in [-0.2, -0.15) is 0 Å². The number of ether oxygens (including phenoxy) is 8. The van der Waals surface area contributed by atoms with Crippen molar-refractivity contribution in [2.75, 3.05) is 54.9 Å². The normalized spacial score (nSPS) is 10.2. The van der Waals surface area contributed by atoms with Gasteiger partial charge in [0.25, 0.3) is 0 Å². The molecule has 206 valence electrons. The molecule has 0 heterocycles. The number of aryl methyl sites for hydroxylation is 2. The van der Waals surface area contributed by atoms with E-state index in [0.717, 1.165) is 11.1 Å². The highest BCUT2D eigenvalue weighted by atomic mass is 16.6. The van der Waals surface area contributed by atoms with Crippen molar-refractivity contribution in [3.63, 3.8) is 0 Å². The topological polar surface area (TPSA) is 142 Å². The van der Waals surface area contributed by atoms with Gasteiger partial charge in [0.2, 0.25) is 0 Å². The van der Waals surface area contributed by atoms with E-state index in [1.54, 1.807) is 38.1 Å². The summed E-state index contributed by atoms with van der Waals surface area (Å²) in [4.78, 5) is 46.6. The first-order valence-corrected chi connectivity index (χ1v) is 11.2. The summed E-state index contributed by atoms with van der Waals surface area (Å²) in [7, 11) is 4.92. The number of methoxy groups -OCH3 is 4. The Morgan fingerprint density at radius 1 is 0.474 bits per heavy atom. The van der Waals surface area contributed by atoms with Crippen molar-refractivity contribution in [2.45, 2.75) is 13.8 Å². The van der Waals surface area contributed by atoms with Crippen LogP contribution in [0.1, 0.15) is 11.1 Å². The van der Waals surface area contributed by atoms with E-state index in [-0.39, 0.29) is 36.2 Å². The molecule has 0 atom stereocenters. The van der Waals surface area contributed by atoms with Crippen LogP contribution in [-0.4, -0.2) is 78.7 Å². The average Bonchev–Trinajstić information content (AvgIpc) is 2.92. The van der Waals surface area contributed by atoms with Gasteiger partial charge in [0.15, 0.2) is 49.4 Å². The van der Waals surface area contributed by atoms with Crippen LogP contribution in [0.15, 0.2) is 24.3 Å². The van der Waals surface area contributed by atoms with Crippen LogP contribution in [0, 0.1) is 13.8 Å². The van der Waals surface area contributed by atoms with Gasteiger partial charge in [-0.1, -0.05) is 0 Å². The lowest BCUT2D eigenvalue weighted by Gasteiger charge is -2.19. The first-order chi connectivity index (χ1) is 18.1. The molecule has 0 amide bonds. The molecule has 0 saturated heterocycles. The van der Waals surface area contributed by atoms with Gasteiger partial charge in [0, 0.05) is 0 Å². The second-order valence-electron chi connectivity index (χ2n) is 7.69. The summed E-state index contributed by atoms with van der Waals surface area (Å²) in [5.41, 5.74) is 2.77. The van der Waals surface area contributed by atoms with Gasteiger partial charge in [-0.05, 0) is 60.4 Å². The fraction of sp³-hybridized carbons (Fsp3) is 0.385. The summed E-state index contributed by atoms with van der Waals surface area (Å²) in [5, 5.41) is 0. The summed E-state index contributed by atoms with van der Waals surface area (Å²) in [5.74, 6) is -1.69. The highest BCUT2D eigenvalue weighted by molar-refractivity contribution is 5.78. The minimum atomic E-state index is -0.618. The van der Waals surface area contributed by atoms with Gasteiger partial charge < -0.3 is 37.9 Å². The van der Waals surface area contributed by atoms with E-state index in [2.05, 4.69) is 18.9 Å². The smallest absolute Gasteiger partial charge is 0.343 e. The van der Waals surface area contributed by atoms with Crippen molar-refractivity contribution in [3.8, 4) is 34.1 Å². The summed E-state index contributed by atoms with van der Waals surface area (Å²) in [6.07, 6.45) is 0. The molecule has 2 aromatic carbocycles. The lowest BCUT2D eigenvalue weighted by molar-refractivity contribution is -0.144. The van der Waals surface area contributed by atoms with E-state index in [0.29, 0.717) is 11.1 Å². The summed E-state index contributed by atoms with van der Waals surface area (Å²) < 4.78 is 40.8. The van der Waals surface area contributed by atoms with Gasteiger partial charge in [0.1, 0.15) is 0 Å². The summed E-state index contributed by atoms with van der Waals surface area (Å²) >= 11 is 0. The highest BCUT2D eigenvalue weighted by Gasteiger charge is 2.19. The third-order valence-corrected chi connectivity index (χ3v) is 5.16. The maximum absolute atomic E-state index is 11.7. The number of carbonyl (C=O) groups is 4. The number of hydrogen-bond acceptors (Lipinski definition) is 12. The Morgan fingerprint density at radius 3 is 0.947 bits per heavy atom. The Hall–Kier alpha value is -4.48. The zero-order chi connectivity index (χ0) is 28.2. The Morgan fingerprint density at radius 2 is 0.711 bits per heavy atom. The summed E-state index contributed by atoms with van der Waals surface area (Å²) in [6.45, 7) is 2.06. The lowest BCUT2D eigenvalue weighted by Crippen LogP contribution is -2.16. The van der Waals surface area contributed by atoms with Crippen LogP contribution in [-0.2, 0) is 38.1 Å². The number of benzene rings is 2. The van der Waals surface area contributed by atoms with E-state index in [4.69, 9.17) is 18.9 Å². The largest absolute Gasteiger partial charge is 0.478 e. The molecule has 12 heteroatoms. The molecule has 38 heavy (non-hydrogen) atoms. The van der Waals surface area contributed by atoms with Crippen LogP contribution in [0.2, 0.25) is 0 Å². The molecular formula is C26H30O12. The summed E-state index contributed by atoms with van der Waals surface area (Å²) in [6, 6.07) is 6.54. The van der Waals surface area contributed by atoms with Crippen molar-refractivity contribution < 1.29 is 57.1 Å². The first kappa shape index (κ1) is 29.7.